The number of hydrogen-bond donors (Lipinski definition) is 1. The molecule has 0 fully saturated rings. The average Bonchev–Trinajstić information content (AvgIpc) is 2.44. The van der Waals surface area contributed by atoms with Gasteiger partial charge < -0.3 is 5.11 Å². The number of likely N-dealkylation sites (N-methyl/N-ethyl adjacent to an activating group) is 1. The van der Waals surface area contributed by atoms with E-state index in [0.717, 1.165) is 11.3 Å². The Morgan fingerprint density at radius 2 is 2.00 bits per heavy atom. The van der Waals surface area contributed by atoms with Crippen LogP contribution in [0.15, 0.2) is 0 Å². The fraction of sp³-hybridized carbons (Fsp3) is 0.769. The van der Waals surface area contributed by atoms with E-state index in [4.69, 9.17) is 11.6 Å². The van der Waals surface area contributed by atoms with Gasteiger partial charge in [-0.2, -0.15) is 5.10 Å². The molecule has 1 heterocycles. The van der Waals surface area contributed by atoms with Gasteiger partial charge in [0.1, 0.15) is 5.15 Å². The van der Waals surface area contributed by atoms with Crippen molar-refractivity contribution in [2.24, 2.45) is 12.5 Å². The van der Waals surface area contributed by atoms with Crippen LogP contribution in [0.5, 0.6) is 0 Å². The highest BCUT2D eigenvalue weighted by molar-refractivity contribution is 6.30. The number of aromatic nitrogens is 2. The Kier molecular flexibility index (Phi) is 4.81. The van der Waals surface area contributed by atoms with Crippen molar-refractivity contribution in [2.45, 2.75) is 40.3 Å². The molecule has 5 heteroatoms. The molecule has 18 heavy (non-hydrogen) atoms. The maximum Gasteiger partial charge on any atom is 0.131 e. The van der Waals surface area contributed by atoms with Gasteiger partial charge in [0.2, 0.25) is 0 Å². The molecule has 4 nitrogen and oxygen atoms in total. The fourth-order valence-electron chi connectivity index (χ4n) is 2.29. The first kappa shape index (κ1) is 15.5. The van der Waals surface area contributed by atoms with Crippen LogP contribution in [0.25, 0.3) is 0 Å². The van der Waals surface area contributed by atoms with Crippen molar-refractivity contribution in [1.82, 2.24) is 14.7 Å². The average molecular weight is 274 g/mol. The highest BCUT2D eigenvalue weighted by Crippen LogP contribution is 2.27. The first-order valence-electron chi connectivity index (χ1n) is 6.17. The SMILES string of the molecule is Cc1nn(C)c(Cl)c1CN(C)C(CO)C(C)(C)C. The minimum absolute atomic E-state index is 0.0199. The van der Waals surface area contributed by atoms with Crippen LogP contribution in [-0.2, 0) is 13.6 Å². The van der Waals surface area contributed by atoms with Crippen LogP contribution in [0.1, 0.15) is 32.0 Å². The third-order valence-electron chi connectivity index (χ3n) is 3.38. The zero-order valence-corrected chi connectivity index (χ0v) is 12.9. The van der Waals surface area contributed by atoms with Crippen molar-refractivity contribution in [1.29, 1.82) is 0 Å². The highest BCUT2D eigenvalue weighted by Gasteiger charge is 2.28. The lowest BCUT2D eigenvalue weighted by Gasteiger charge is -2.36. The summed E-state index contributed by atoms with van der Waals surface area (Å²) in [4.78, 5) is 2.13. The zero-order valence-electron chi connectivity index (χ0n) is 12.2. The van der Waals surface area contributed by atoms with E-state index in [-0.39, 0.29) is 18.1 Å². The van der Waals surface area contributed by atoms with E-state index in [0.29, 0.717) is 11.7 Å². The van der Waals surface area contributed by atoms with Gasteiger partial charge in [-0.3, -0.25) is 9.58 Å². The molecule has 0 spiro atoms. The predicted octanol–water partition coefficient (Wildman–Crippen LogP) is 2.22. The van der Waals surface area contributed by atoms with E-state index in [2.05, 4.69) is 30.8 Å². The van der Waals surface area contributed by atoms with Gasteiger partial charge in [0, 0.05) is 25.2 Å². The summed E-state index contributed by atoms with van der Waals surface area (Å²) >= 11 is 6.23. The van der Waals surface area contributed by atoms with Gasteiger partial charge >= 0.3 is 0 Å². The maximum absolute atomic E-state index is 9.56. The van der Waals surface area contributed by atoms with Gasteiger partial charge in [0.05, 0.1) is 12.3 Å². The van der Waals surface area contributed by atoms with Gasteiger partial charge in [-0.1, -0.05) is 32.4 Å². The largest absolute Gasteiger partial charge is 0.395 e. The van der Waals surface area contributed by atoms with Crippen LogP contribution in [0.2, 0.25) is 5.15 Å². The molecule has 0 bridgehead atoms. The molecule has 1 aromatic heterocycles. The summed E-state index contributed by atoms with van der Waals surface area (Å²) in [6, 6.07) is 0.0909. The molecule has 0 amide bonds. The van der Waals surface area contributed by atoms with Crippen molar-refractivity contribution in [2.75, 3.05) is 13.7 Å². The quantitative estimate of drug-likeness (QED) is 0.915. The molecular weight excluding hydrogens is 250 g/mol. The molecule has 1 atom stereocenters. The Morgan fingerprint density at radius 1 is 1.44 bits per heavy atom. The Morgan fingerprint density at radius 3 is 2.33 bits per heavy atom. The Hall–Kier alpha value is -0.580. The number of aliphatic hydroxyl groups excluding tert-OH is 1. The Labute approximate surface area is 115 Å². The Balaban J connectivity index is 2.90. The van der Waals surface area contributed by atoms with E-state index in [9.17, 15) is 5.11 Å². The number of aliphatic hydroxyl groups is 1. The topological polar surface area (TPSA) is 41.3 Å². The molecule has 0 saturated carbocycles. The first-order valence-corrected chi connectivity index (χ1v) is 6.55. The van der Waals surface area contributed by atoms with Crippen molar-refractivity contribution < 1.29 is 5.11 Å². The van der Waals surface area contributed by atoms with E-state index < -0.39 is 0 Å². The van der Waals surface area contributed by atoms with E-state index in [1.54, 1.807) is 4.68 Å². The second-order valence-corrected chi connectivity index (χ2v) is 6.32. The molecule has 0 aromatic carbocycles. The van der Waals surface area contributed by atoms with Crippen LogP contribution < -0.4 is 0 Å². The normalized spacial score (nSPS) is 14.3. The van der Waals surface area contributed by atoms with E-state index in [1.165, 1.54) is 0 Å². The zero-order chi connectivity index (χ0) is 14.1. The van der Waals surface area contributed by atoms with Crippen LogP contribution in [0.4, 0.5) is 0 Å². The number of aryl methyl sites for hydroxylation is 2. The van der Waals surface area contributed by atoms with Crippen molar-refractivity contribution in [3.05, 3.63) is 16.4 Å². The number of halogens is 1. The lowest BCUT2D eigenvalue weighted by molar-refractivity contribution is 0.0613. The second kappa shape index (κ2) is 5.59. The monoisotopic (exact) mass is 273 g/mol. The molecule has 1 rings (SSSR count). The first-order chi connectivity index (χ1) is 8.18. The van der Waals surface area contributed by atoms with Crippen LogP contribution in [0.3, 0.4) is 0 Å². The minimum atomic E-state index is 0.0199. The van der Waals surface area contributed by atoms with Crippen LogP contribution in [-0.4, -0.2) is 39.5 Å². The smallest absolute Gasteiger partial charge is 0.131 e. The Bertz CT molecular complexity index is 409. The summed E-state index contributed by atoms with van der Waals surface area (Å²) in [5.74, 6) is 0. The van der Waals surface area contributed by atoms with Crippen molar-refractivity contribution in [3.8, 4) is 0 Å². The summed E-state index contributed by atoms with van der Waals surface area (Å²) in [6.45, 7) is 9.17. The number of rotatable bonds is 4. The molecule has 0 saturated heterocycles. The molecule has 1 aromatic rings. The summed E-state index contributed by atoms with van der Waals surface area (Å²) in [5, 5.41) is 14.5. The van der Waals surface area contributed by atoms with Gasteiger partial charge in [-0.25, -0.2) is 0 Å². The molecule has 1 N–H and O–H groups in total. The molecule has 1 unspecified atom stereocenters. The van der Waals surface area contributed by atoms with E-state index >= 15 is 0 Å². The molecule has 0 aliphatic rings. The third kappa shape index (κ3) is 3.25. The standard InChI is InChI=1S/C13H24ClN3O/c1-9-10(12(14)17(6)15-9)7-16(5)11(8-18)13(2,3)4/h11,18H,7-8H2,1-6H3. The molecular formula is C13H24ClN3O. The molecule has 0 aliphatic carbocycles. The minimum Gasteiger partial charge on any atom is -0.395 e. The number of hydrogen-bond acceptors (Lipinski definition) is 3. The predicted molar refractivity (Wildman–Crippen MR) is 74.8 cm³/mol. The second-order valence-electron chi connectivity index (χ2n) is 5.96. The van der Waals surface area contributed by atoms with Gasteiger partial charge in [0.25, 0.3) is 0 Å². The van der Waals surface area contributed by atoms with Gasteiger partial charge in [-0.05, 0) is 19.4 Å². The van der Waals surface area contributed by atoms with Crippen LogP contribution in [0, 0.1) is 12.3 Å². The van der Waals surface area contributed by atoms with Gasteiger partial charge in [-0.15, -0.1) is 0 Å². The fourth-order valence-corrected chi connectivity index (χ4v) is 2.52. The summed E-state index contributed by atoms with van der Waals surface area (Å²) in [6.07, 6.45) is 0. The third-order valence-corrected chi connectivity index (χ3v) is 3.85. The van der Waals surface area contributed by atoms with Crippen molar-refractivity contribution >= 4 is 11.6 Å². The lowest BCUT2D eigenvalue weighted by atomic mass is 9.86. The molecule has 0 aliphatic heterocycles. The lowest BCUT2D eigenvalue weighted by Crippen LogP contribution is -2.44. The van der Waals surface area contributed by atoms with Crippen molar-refractivity contribution in [3.63, 3.8) is 0 Å². The number of nitrogens with zero attached hydrogens (tertiary/aromatic N) is 3. The van der Waals surface area contributed by atoms with Gasteiger partial charge in [0.15, 0.2) is 0 Å². The summed E-state index contributed by atoms with van der Waals surface area (Å²) in [7, 11) is 3.85. The molecule has 0 radical (unpaired) electrons. The highest BCUT2D eigenvalue weighted by atomic mass is 35.5. The molecule has 104 valence electrons. The summed E-state index contributed by atoms with van der Waals surface area (Å²) in [5.41, 5.74) is 2.00. The van der Waals surface area contributed by atoms with Crippen LogP contribution >= 0.6 is 11.6 Å². The summed E-state index contributed by atoms with van der Waals surface area (Å²) < 4.78 is 1.69. The maximum atomic E-state index is 9.56. The van der Waals surface area contributed by atoms with E-state index in [1.807, 2.05) is 21.0 Å².